The molecule has 0 aliphatic carbocycles. The molecule has 0 saturated heterocycles. The van der Waals surface area contributed by atoms with E-state index in [9.17, 15) is 4.39 Å². The van der Waals surface area contributed by atoms with Gasteiger partial charge in [-0.05, 0) is 42.3 Å². The molecule has 1 aromatic heterocycles. The van der Waals surface area contributed by atoms with E-state index in [-0.39, 0.29) is 5.82 Å². The van der Waals surface area contributed by atoms with E-state index in [1.54, 1.807) is 6.07 Å². The van der Waals surface area contributed by atoms with Crippen LogP contribution < -0.4 is 10.1 Å². The molecular weight excluding hydrogens is 339 g/mol. The van der Waals surface area contributed by atoms with Crippen LogP contribution in [0.1, 0.15) is 18.2 Å². The van der Waals surface area contributed by atoms with Crippen molar-refractivity contribution in [2.75, 3.05) is 6.61 Å². The molecule has 0 spiro atoms. The number of benzene rings is 2. The fraction of sp³-hybridized carbons (Fsp3) is 0.174. The van der Waals surface area contributed by atoms with Gasteiger partial charge in [-0.3, -0.25) is 0 Å². The second kappa shape index (κ2) is 8.99. The maximum absolute atomic E-state index is 13.3. The molecule has 0 unspecified atom stereocenters. The first-order chi connectivity index (χ1) is 13.2. The first-order valence-electron chi connectivity index (χ1n) is 9.00. The zero-order valence-electron chi connectivity index (χ0n) is 15.4. The standard InChI is InChI=1S/C23H23FN2O/c1-3-27-23-22(19-9-5-4-6-10-19)13-12-21(26-23)14-17(2)25-16-18-8-7-11-20(24)15-18/h4-13,15,25H,2-3,14,16H2,1H3. The van der Waals surface area contributed by atoms with E-state index >= 15 is 0 Å². The Bertz CT molecular complexity index is 909. The van der Waals surface area contributed by atoms with Crippen molar-refractivity contribution >= 4 is 0 Å². The molecule has 0 aliphatic rings. The second-order valence-electron chi connectivity index (χ2n) is 6.22. The molecule has 3 aromatic rings. The van der Waals surface area contributed by atoms with Crippen molar-refractivity contribution in [1.82, 2.24) is 10.3 Å². The number of nitrogens with one attached hydrogen (secondary N) is 1. The molecule has 0 saturated carbocycles. The Kier molecular flexibility index (Phi) is 6.21. The van der Waals surface area contributed by atoms with Crippen molar-refractivity contribution in [2.24, 2.45) is 0 Å². The van der Waals surface area contributed by atoms with E-state index in [1.807, 2.05) is 55.5 Å². The van der Waals surface area contributed by atoms with Crippen molar-refractivity contribution in [3.8, 4) is 17.0 Å². The lowest BCUT2D eigenvalue weighted by atomic mass is 10.1. The minimum Gasteiger partial charge on any atom is -0.478 e. The molecule has 0 bridgehead atoms. The van der Waals surface area contributed by atoms with Gasteiger partial charge in [0.25, 0.3) is 0 Å². The normalized spacial score (nSPS) is 10.4. The Morgan fingerprint density at radius 2 is 1.89 bits per heavy atom. The van der Waals surface area contributed by atoms with Crippen LogP contribution in [-0.4, -0.2) is 11.6 Å². The van der Waals surface area contributed by atoms with Crippen LogP contribution in [0.15, 0.2) is 79.0 Å². The summed E-state index contributed by atoms with van der Waals surface area (Å²) in [5.74, 6) is 0.388. The number of nitrogens with zero attached hydrogens (tertiary/aromatic N) is 1. The fourth-order valence-corrected chi connectivity index (χ4v) is 2.82. The summed E-state index contributed by atoms with van der Waals surface area (Å²) < 4.78 is 19.0. The highest BCUT2D eigenvalue weighted by molar-refractivity contribution is 5.68. The average Bonchev–Trinajstić information content (AvgIpc) is 2.68. The Balaban J connectivity index is 1.69. The summed E-state index contributed by atoms with van der Waals surface area (Å²) in [6, 6.07) is 20.6. The van der Waals surface area contributed by atoms with Crippen LogP contribution in [0.3, 0.4) is 0 Å². The molecule has 1 heterocycles. The molecule has 4 heteroatoms. The van der Waals surface area contributed by atoms with Crippen LogP contribution in [0.5, 0.6) is 5.88 Å². The van der Waals surface area contributed by atoms with Gasteiger partial charge in [-0.15, -0.1) is 0 Å². The topological polar surface area (TPSA) is 34.1 Å². The van der Waals surface area contributed by atoms with Gasteiger partial charge < -0.3 is 10.1 Å². The van der Waals surface area contributed by atoms with E-state index in [1.165, 1.54) is 12.1 Å². The number of pyridine rings is 1. The summed E-state index contributed by atoms with van der Waals surface area (Å²) in [5, 5.41) is 3.23. The van der Waals surface area contributed by atoms with Crippen molar-refractivity contribution in [3.63, 3.8) is 0 Å². The van der Waals surface area contributed by atoms with Gasteiger partial charge in [0.2, 0.25) is 5.88 Å². The molecule has 3 rings (SSSR count). The lowest BCUT2D eigenvalue weighted by Gasteiger charge is -2.13. The molecule has 0 atom stereocenters. The van der Waals surface area contributed by atoms with Gasteiger partial charge in [0.05, 0.1) is 12.3 Å². The lowest BCUT2D eigenvalue weighted by Crippen LogP contribution is -2.14. The number of rotatable bonds is 8. The monoisotopic (exact) mass is 362 g/mol. The van der Waals surface area contributed by atoms with Gasteiger partial charge >= 0.3 is 0 Å². The van der Waals surface area contributed by atoms with Gasteiger partial charge in [-0.1, -0.05) is 49.0 Å². The van der Waals surface area contributed by atoms with E-state index in [2.05, 4.69) is 16.9 Å². The van der Waals surface area contributed by atoms with Crippen LogP contribution in [0.25, 0.3) is 11.1 Å². The van der Waals surface area contributed by atoms with Gasteiger partial charge in [0.15, 0.2) is 0 Å². The molecule has 0 radical (unpaired) electrons. The fourth-order valence-electron chi connectivity index (χ4n) is 2.82. The van der Waals surface area contributed by atoms with Crippen molar-refractivity contribution < 1.29 is 9.13 Å². The first kappa shape index (κ1) is 18.6. The zero-order chi connectivity index (χ0) is 19.1. The molecule has 0 fully saturated rings. The predicted molar refractivity (Wildman–Crippen MR) is 107 cm³/mol. The average molecular weight is 362 g/mol. The largest absolute Gasteiger partial charge is 0.478 e. The zero-order valence-corrected chi connectivity index (χ0v) is 15.4. The van der Waals surface area contributed by atoms with Crippen molar-refractivity contribution in [2.45, 2.75) is 19.9 Å². The van der Waals surface area contributed by atoms with Crippen LogP contribution in [0.2, 0.25) is 0 Å². The second-order valence-corrected chi connectivity index (χ2v) is 6.22. The van der Waals surface area contributed by atoms with Gasteiger partial charge in [-0.25, -0.2) is 9.37 Å². The summed E-state index contributed by atoms with van der Waals surface area (Å²) in [7, 11) is 0. The molecule has 3 nitrogen and oxygen atoms in total. The van der Waals surface area contributed by atoms with Crippen LogP contribution in [0, 0.1) is 5.82 Å². The lowest BCUT2D eigenvalue weighted by molar-refractivity contribution is 0.327. The number of aromatic nitrogens is 1. The Hall–Kier alpha value is -3.14. The van der Waals surface area contributed by atoms with E-state index in [4.69, 9.17) is 4.74 Å². The highest BCUT2D eigenvalue weighted by Gasteiger charge is 2.10. The van der Waals surface area contributed by atoms with E-state index in [0.717, 1.165) is 28.1 Å². The van der Waals surface area contributed by atoms with Gasteiger partial charge in [-0.2, -0.15) is 0 Å². The third-order valence-corrected chi connectivity index (χ3v) is 4.11. The third kappa shape index (κ3) is 5.17. The number of hydrogen-bond acceptors (Lipinski definition) is 3. The number of ether oxygens (including phenoxy) is 1. The highest BCUT2D eigenvalue weighted by Crippen LogP contribution is 2.28. The smallest absolute Gasteiger partial charge is 0.221 e. The SMILES string of the molecule is C=C(Cc1ccc(-c2ccccc2)c(OCC)n1)NCc1cccc(F)c1. The summed E-state index contributed by atoms with van der Waals surface area (Å²) in [6.07, 6.45) is 0.574. The number of hydrogen-bond donors (Lipinski definition) is 1. The predicted octanol–water partition coefficient (Wildman–Crippen LogP) is 5.13. The Morgan fingerprint density at radius 3 is 2.63 bits per heavy atom. The van der Waals surface area contributed by atoms with Gasteiger partial charge in [0, 0.05) is 24.2 Å². The van der Waals surface area contributed by atoms with Crippen LogP contribution in [0.4, 0.5) is 4.39 Å². The molecule has 1 N–H and O–H groups in total. The Labute approximate surface area is 159 Å². The third-order valence-electron chi connectivity index (χ3n) is 4.11. The molecule has 27 heavy (non-hydrogen) atoms. The highest BCUT2D eigenvalue weighted by atomic mass is 19.1. The summed E-state index contributed by atoms with van der Waals surface area (Å²) in [5.41, 5.74) is 4.61. The Morgan fingerprint density at radius 1 is 1.07 bits per heavy atom. The first-order valence-corrected chi connectivity index (χ1v) is 9.00. The van der Waals surface area contributed by atoms with E-state index in [0.29, 0.717) is 25.5 Å². The molecule has 2 aromatic carbocycles. The van der Waals surface area contributed by atoms with Crippen molar-refractivity contribution in [3.05, 3.63) is 96.1 Å². The number of halogens is 1. The molecule has 138 valence electrons. The summed E-state index contributed by atoms with van der Waals surface area (Å²) >= 11 is 0. The summed E-state index contributed by atoms with van der Waals surface area (Å²) in [4.78, 5) is 4.66. The van der Waals surface area contributed by atoms with Crippen molar-refractivity contribution in [1.29, 1.82) is 0 Å². The minimum atomic E-state index is -0.237. The number of allylic oxidation sites excluding steroid dienone is 1. The quantitative estimate of drug-likeness (QED) is 0.603. The minimum absolute atomic E-state index is 0.237. The molecule has 0 amide bonds. The van der Waals surface area contributed by atoms with Crippen LogP contribution in [-0.2, 0) is 13.0 Å². The summed E-state index contributed by atoms with van der Waals surface area (Å²) in [6.45, 7) is 7.08. The van der Waals surface area contributed by atoms with Gasteiger partial charge in [0.1, 0.15) is 5.82 Å². The maximum atomic E-state index is 13.3. The maximum Gasteiger partial charge on any atom is 0.221 e. The molecule has 0 aliphatic heterocycles. The molecular formula is C23H23FN2O. The van der Waals surface area contributed by atoms with E-state index < -0.39 is 0 Å². The van der Waals surface area contributed by atoms with Crippen LogP contribution >= 0.6 is 0 Å².